The summed E-state index contributed by atoms with van der Waals surface area (Å²) in [6, 6.07) is 5.88. The van der Waals surface area contributed by atoms with Gasteiger partial charge in [-0.25, -0.2) is 0 Å². The van der Waals surface area contributed by atoms with Crippen molar-refractivity contribution in [3.8, 4) is 17.2 Å². The van der Waals surface area contributed by atoms with Crippen LogP contribution < -0.4 is 19.5 Å². The van der Waals surface area contributed by atoms with E-state index < -0.39 is 11.2 Å². The molecule has 0 aliphatic heterocycles. The van der Waals surface area contributed by atoms with Gasteiger partial charge in [0.25, 0.3) is 0 Å². The van der Waals surface area contributed by atoms with Crippen LogP contribution in [0.2, 0.25) is 0 Å². The SMILES string of the molecule is Cc1cc(C)c(C(=O)Pc2c(OC(C)(C)C)cc(OC(C)(C)C)cc2OC(C)(C)C)c(C)c1C. The van der Waals surface area contributed by atoms with Crippen molar-refractivity contribution in [2.24, 2.45) is 0 Å². The summed E-state index contributed by atoms with van der Waals surface area (Å²) >= 11 is 0. The molecule has 0 radical (unpaired) electrons. The standard InChI is InChI=1S/C29H43O4P/c1-17-14-18(2)24(20(4)19(17)3)26(30)34-25-22(32-28(8,9)10)15-21(31-27(5,6)7)16-23(25)33-29(11,12)13/h14-16,34H,1-13H3. The van der Waals surface area contributed by atoms with E-state index in [-0.39, 0.29) is 19.7 Å². The molecule has 0 spiro atoms. The van der Waals surface area contributed by atoms with Gasteiger partial charge in [-0.15, -0.1) is 0 Å². The monoisotopic (exact) mass is 486 g/mol. The van der Waals surface area contributed by atoms with Crippen molar-refractivity contribution in [3.05, 3.63) is 46.0 Å². The van der Waals surface area contributed by atoms with E-state index in [0.717, 1.165) is 27.6 Å². The zero-order valence-electron chi connectivity index (χ0n) is 23.4. The maximum Gasteiger partial charge on any atom is 0.186 e. The molecule has 0 aromatic heterocycles. The number of hydrogen-bond donors (Lipinski definition) is 0. The third kappa shape index (κ3) is 7.73. The lowest BCUT2D eigenvalue weighted by Crippen LogP contribution is -2.29. The molecule has 0 aliphatic carbocycles. The normalized spacial score (nSPS) is 12.9. The molecule has 0 aliphatic rings. The topological polar surface area (TPSA) is 44.8 Å². The van der Waals surface area contributed by atoms with Crippen LogP contribution in [0.15, 0.2) is 18.2 Å². The molecule has 2 aromatic rings. The fourth-order valence-electron chi connectivity index (χ4n) is 3.73. The van der Waals surface area contributed by atoms with Gasteiger partial charge < -0.3 is 14.2 Å². The maximum absolute atomic E-state index is 13.7. The molecule has 1 atom stereocenters. The van der Waals surface area contributed by atoms with Crippen molar-refractivity contribution in [3.63, 3.8) is 0 Å². The molecule has 0 bridgehead atoms. The van der Waals surface area contributed by atoms with Crippen LogP contribution >= 0.6 is 8.58 Å². The molecule has 5 heteroatoms. The van der Waals surface area contributed by atoms with E-state index >= 15 is 0 Å². The molecule has 0 heterocycles. The summed E-state index contributed by atoms with van der Waals surface area (Å²) in [7, 11) is -0.149. The van der Waals surface area contributed by atoms with E-state index in [1.165, 1.54) is 5.56 Å². The van der Waals surface area contributed by atoms with Crippen LogP contribution in [-0.2, 0) is 0 Å². The number of carbonyl (C=O) groups excluding carboxylic acids is 1. The minimum Gasteiger partial charge on any atom is -0.488 e. The second kappa shape index (κ2) is 9.90. The van der Waals surface area contributed by atoms with Gasteiger partial charge in [-0.2, -0.15) is 0 Å². The van der Waals surface area contributed by atoms with Gasteiger partial charge >= 0.3 is 0 Å². The van der Waals surface area contributed by atoms with E-state index in [0.29, 0.717) is 17.2 Å². The lowest BCUT2D eigenvalue weighted by molar-refractivity contribution is 0.107. The molecule has 0 fully saturated rings. The molecule has 2 aromatic carbocycles. The number of hydrogen-bond acceptors (Lipinski definition) is 4. The molecule has 188 valence electrons. The molecule has 0 N–H and O–H groups in total. The summed E-state index contributed by atoms with van der Waals surface area (Å²) in [6.45, 7) is 26.2. The first-order chi connectivity index (χ1) is 15.3. The lowest BCUT2D eigenvalue weighted by atomic mass is 9.95. The lowest BCUT2D eigenvalue weighted by Gasteiger charge is -2.29. The number of rotatable bonds is 6. The van der Waals surface area contributed by atoms with E-state index in [9.17, 15) is 4.79 Å². The van der Waals surface area contributed by atoms with Gasteiger partial charge in [-0.1, -0.05) is 6.07 Å². The highest BCUT2D eigenvalue weighted by Crippen LogP contribution is 2.39. The first-order valence-electron chi connectivity index (χ1n) is 11.9. The largest absolute Gasteiger partial charge is 0.488 e. The summed E-state index contributed by atoms with van der Waals surface area (Å²) < 4.78 is 18.9. The highest BCUT2D eigenvalue weighted by Gasteiger charge is 2.27. The van der Waals surface area contributed by atoms with E-state index in [2.05, 4.69) is 19.9 Å². The second-order valence-electron chi connectivity index (χ2n) is 12.0. The van der Waals surface area contributed by atoms with Gasteiger partial charge in [0.1, 0.15) is 34.1 Å². The predicted octanol–water partition coefficient (Wildman–Crippen LogP) is 7.60. The van der Waals surface area contributed by atoms with Crippen LogP contribution in [-0.4, -0.2) is 22.3 Å². The first kappa shape index (κ1) is 28.2. The smallest absolute Gasteiger partial charge is 0.186 e. The van der Waals surface area contributed by atoms with Crippen LogP contribution in [0.25, 0.3) is 0 Å². The Hall–Kier alpha value is -2.06. The van der Waals surface area contributed by atoms with Crippen LogP contribution in [0.4, 0.5) is 0 Å². The number of aryl methyl sites for hydroxylation is 2. The molecule has 2 rings (SSSR count). The maximum atomic E-state index is 13.7. The minimum atomic E-state index is -0.450. The fraction of sp³-hybridized carbons (Fsp3) is 0.552. The molecule has 4 nitrogen and oxygen atoms in total. The fourth-order valence-corrected chi connectivity index (χ4v) is 4.96. The van der Waals surface area contributed by atoms with Gasteiger partial charge in [0, 0.05) is 17.7 Å². The number of carbonyl (C=O) groups is 1. The first-order valence-corrected chi connectivity index (χ1v) is 12.9. The zero-order valence-corrected chi connectivity index (χ0v) is 24.4. The van der Waals surface area contributed by atoms with Gasteiger partial charge in [0.2, 0.25) is 0 Å². The molecule has 0 saturated carbocycles. The molecule has 34 heavy (non-hydrogen) atoms. The number of ether oxygens (including phenoxy) is 3. The minimum absolute atomic E-state index is 0.0834. The summed E-state index contributed by atoms with van der Waals surface area (Å²) in [4.78, 5) is 13.7. The van der Waals surface area contributed by atoms with Crippen LogP contribution in [0.5, 0.6) is 17.2 Å². The highest BCUT2D eigenvalue weighted by atomic mass is 31.1. The molecule has 1 unspecified atom stereocenters. The van der Waals surface area contributed by atoms with Gasteiger partial charge in [0.15, 0.2) is 5.52 Å². The van der Waals surface area contributed by atoms with Crippen LogP contribution in [0.3, 0.4) is 0 Å². The second-order valence-corrected chi connectivity index (χ2v) is 13.2. The van der Waals surface area contributed by atoms with Gasteiger partial charge in [-0.3, -0.25) is 4.79 Å². The Morgan fingerprint density at radius 1 is 0.647 bits per heavy atom. The Labute approximate surface area is 208 Å². The van der Waals surface area contributed by atoms with Crippen molar-refractivity contribution in [2.75, 3.05) is 0 Å². The average Bonchev–Trinajstić information content (AvgIpc) is 2.58. The van der Waals surface area contributed by atoms with E-state index in [1.807, 2.05) is 88.3 Å². The quantitative estimate of drug-likeness (QED) is 0.395. The Morgan fingerprint density at radius 3 is 1.50 bits per heavy atom. The van der Waals surface area contributed by atoms with E-state index in [1.54, 1.807) is 0 Å². The van der Waals surface area contributed by atoms with Gasteiger partial charge in [0.05, 0.1) is 5.30 Å². The summed E-state index contributed by atoms with van der Waals surface area (Å²) in [5.74, 6) is 1.91. The van der Waals surface area contributed by atoms with Gasteiger partial charge in [-0.05, 0) is 121 Å². The van der Waals surface area contributed by atoms with Crippen LogP contribution in [0.1, 0.15) is 94.9 Å². The van der Waals surface area contributed by atoms with Crippen molar-refractivity contribution in [1.82, 2.24) is 0 Å². The van der Waals surface area contributed by atoms with Crippen molar-refractivity contribution in [1.29, 1.82) is 0 Å². The average molecular weight is 487 g/mol. The predicted molar refractivity (Wildman–Crippen MR) is 145 cm³/mol. The third-order valence-electron chi connectivity index (χ3n) is 5.12. The van der Waals surface area contributed by atoms with Crippen molar-refractivity contribution in [2.45, 2.75) is 107 Å². The van der Waals surface area contributed by atoms with Crippen LogP contribution in [0, 0.1) is 27.7 Å². The summed E-state index contributed by atoms with van der Waals surface area (Å²) in [6.07, 6.45) is 0. The Balaban J connectivity index is 2.70. The van der Waals surface area contributed by atoms with E-state index in [4.69, 9.17) is 14.2 Å². The number of benzene rings is 2. The summed E-state index contributed by atoms with van der Waals surface area (Å²) in [5.41, 5.74) is 3.99. The molecule has 0 amide bonds. The molecular weight excluding hydrogens is 443 g/mol. The Bertz CT molecular complexity index is 1030. The van der Waals surface area contributed by atoms with Crippen molar-refractivity contribution < 1.29 is 19.0 Å². The Morgan fingerprint density at radius 2 is 1.09 bits per heavy atom. The zero-order chi connectivity index (χ0) is 26.2. The Kier molecular flexibility index (Phi) is 8.20. The van der Waals surface area contributed by atoms with Crippen molar-refractivity contribution >= 4 is 19.4 Å². The molecule has 0 saturated heterocycles. The molecular formula is C29H43O4P. The third-order valence-corrected chi connectivity index (χ3v) is 6.34. The summed E-state index contributed by atoms with van der Waals surface area (Å²) in [5, 5.41) is 0.771. The highest BCUT2D eigenvalue weighted by molar-refractivity contribution is 7.66.